The number of hydrogen-bond acceptors (Lipinski definition) is 8. The quantitative estimate of drug-likeness (QED) is 0.405. The lowest BCUT2D eigenvalue weighted by atomic mass is 10.3. The number of ether oxygens (including phenoxy) is 1. The average Bonchev–Trinajstić information content (AvgIpc) is 3.41. The molecule has 2 N–H and O–H groups in total. The fraction of sp³-hybridized carbons (Fsp3) is 0.208. The molecule has 1 saturated heterocycles. The molecular weight excluding hydrogens is 466 g/mol. The number of nitrogens with one attached hydrogen (secondary N) is 2. The van der Waals surface area contributed by atoms with E-state index in [4.69, 9.17) is 4.74 Å². The summed E-state index contributed by atoms with van der Waals surface area (Å²) in [6.07, 6.45) is 3.46. The van der Waals surface area contributed by atoms with Crippen LogP contribution >= 0.6 is 0 Å². The van der Waals surface area contributed by atoms with Crippen LogP contribution < -0.4 is 14.9 Å². The van der Waals surface area contributed by atoms with Crippen LogP contribution in [0.5, 0.6) is 0 Å². The molecule has 4 aromatic rings. The summed E-state index contributed by atoms with van der Waals surface area (Å²) in [5.74, 6) is 1.34. The zero-order chi connectivity index (χ0) is 24.3. The SMILES string of the molecule is Cc1cc(Nc2ccc(NS(=O)(=O)c3ccc(-n4cccn4)cc3)cc2)nc(N2CCOCC2)n1. The van der Waals surface area contributed by atoms with Gasteiger partial charge in [-0.05, 0) is 61.5 Å². The number of sulfonamides is 1. The van der Waals surface area contributed by atoms with Gasteiger partial charge >= 0.3 is 0 Å². The number of morpholine rings is 1. The zero-order valence-corrected chi connectivity index (χ0v) is 19.9. The summed E-state index contributed by atoms with van der Waals surface area (Å²) in [6, 6.07) is 17.2. The Labute approximate surface area is 203 Å². The first-order valence-corrected chi connectivity index (χ1v) is 12.6. The Morgan fingerprint density at radius 2 is 1.66 bits per heavy atom. The topological polar surface area (TPSA) is 114 Å². The van der Waals surface area contributed by atoms with E-state index in [1.54, 1.807) is 71.7 Å². The molecule has 0 bridgehead atoms. The Bertz CT molecular complexity index is 1380. The summed E-state index contributed by atoms with van der Waals surface area (Å²) in [5.41, 5.74) is 2.87. The number of benzene rings is 2. The van der Waals surface area contributed by atoms with Crippen LogP contribution in [0, 0.1) is 6.92 Å². The second-order valence-corrected chi connectivity index (χ2v) is 9.73. The minimum absolute atomic E-state index is 0.169. The number of rotatable bonds is 7. The number of nitrogens with zero attached hydrogens (tertiary/aromatic N) is 5. The molecule has 10 nitrogen and oxygen atoms in total. The van der Waals surface area contributed by atoms with Gasteiger partial charge in [0, 0.05) is 48.6 Å². The van der Waals surface area contributed by atoms with E-state index in [-0.39, 0.29) is 4.90 Å². The molecule has 180 valence electrons. The first-order valence-electron chi connectivity index (χ1n) is 11.1. The summed E-state index contributed by atoms with van der Waals surface area (Å²) in [5, 5.41) is 7.42. The predicted octanol–water partition coefficient (Wildman–Crippen LogP) is 3.35. The second kappa shape index (κ2) is 9.72. The van der Waals surface area contributed by atoms with Crippen LogP contribution in [0.2, 0.25) is 0 Å². The predicted molar refractivity (Wildman–Crippen MR) is 134 cm³/mol. The lowest BCUT2D eigenvalue weighted by Gasteiger charge is -2.27. The van der Waals surface area contributed by atoms with Crippen molar-refractivity contribution in [2.75, 3.05) is 41.2 Å². The number of aromatic nitrogens is 4. The van der Waals surface area contributed by atoms with Gasteiger partial charge in [0.15, 0.2) is 0 Å². The molecule has 0 saturated carbocycles. The van der Waals surface area contributed by atoms with Crippen LogP contribution in [0.1, 0.15) is 5.69 Å². The summed E-state index contributed by atoms with van der Waals surface area (Å²) in [6.45, 7) is 4.75. The van der Waals surface area contributed by atoms with Crippen LogP contribution in [-0.4, -0.2) is 54.5 Å². The lowest BCUT2D eigenvalue weighted by molar-refractivity contribution is 0.122. The maximum absolute atomic E-state index is 12.8. The van der Waals surface area contributed by atoms with Crippen molar-refractivity contribution in [2.45, 2.75) is 11.8 Å². The first-order chi connectivity index (χ1) is 17.0. The average molecular weight is 492 g/mol. The van der Waals surface area contributed by atoms with E-state index in [2.05, 4.69) is 30.0 Å². The standard InChI is InChI=1S/C24H25N7O3S/c1-18-17-23(28-24(26-18)30-13-15-34-16-14-30)27-19-3-5-20(6-4-19)29-35(32,33)22-9-7-21(8-10-22)31-12-2-11-25-31/h2-12,17,29H,13-16H2,1H3,(H,26,27,28). The van der Waals surface area contributed by atoms with Crippen LogP contribution in [0.25, 0.3) is 5.69 Å². The van der Waals surface area contributed by atoms with E-state index in [1.165, 1.54) is 0 Å². The van der Waals surface area contributed by atoms with Gasteiger partial charge in [-0.25, -0.2) is 18.1 Å². The lowest BCUT2D eigenvalue weighted by Crippen LogP contribution is -2.37. The van der Waals surface area contributed by atoms with Gasteiger partial charge in [0.25, 0.3) is 10.0 Å². The van der Waals surface area contributed by atoms with Crippen LogP contribution in [-0.2, 0) is 14.8 Å². The molecule has 0 radical (unpaired) electrons. The number of hydrogen-bond donors (Lipinski definition) is 2. The van der Waals surface area contributed by atoms with Crippen molar-refractivity contribution in [3.63, 3.8) is 0 Å². The Kier molecular flexibility index (Phi) is 6.34. The molecule has 0 atom stereocenters. The first kappa shape index (κ1) is 22.8. The van der Waals surface area contributed by atoms with E-state index in [1.807, 2.05) is 13.0 Å². The van der Waals surface area contributed by atoms with Gasteiger partial charge in [-0.3, -0.25) is 4.72 Å². The van der Waals surface area contributed by atoms with Gasteiger partial charge < -0.3 is 15.0 Å². The van der Waals surface area contributed by atoms with E-state index < -0.39 is 10.0 Å². The number of anilines is 4. The summed E-state index contributed by atoms with van der Waals surface area (Å²) in [7, 11) is -3.73. The van der Waals surface area contributed by atoms with Crippen LogP contribution in [0.15, 0.2) is 78.0 Å². The summed E-state index contributed by atoms with van der Waals surface area (Å²) < 4.78 is 35.3. The van der Waals surface area contributed by atoms with Crippen molar-refractivity contribution in [3.05, 3.63) is 78.8 Å². The van der Waals surface area contributed by atoms with Crippen LogP contribution in [0.3, 0.4) is 0 Å². The van der Waals surface area contributed by atoms with E-state index >= 15 is 0 Å². The molecule has 0 spiro atoms. The smallest absolute Gasteiger partial charge is 0.261 e. The normalized spacial score (nSPS) is 14.0. The Morgan fingerprint density at radius 3 is 2.34 bits per heavy atom. The van der Waals surface area contributed by atoms with Crippen molar-refractivity contribution in [3.8, 4) is 5.69 Å². The van der Waals surface area contributed by atoms with Gasteiger partial charge in [0.2, 0.25) is 5.95 Å². The Hall–Kier alpha value is -3.96. The second-order valence-electron chi connectivity index (χ2n) is 8.05. The number of aryl methyl sites for hydroxylation is 1. The maximum Gasteiger partial charge on any atom is 0.261 e. The van der Waals surface area contributed by atoms with Gasteiger partial charge in [-0.2, -0.15) is 10.1 Å². The molecule has 2 aromatic carbocycles. The van der Waals surface area contributed by atoms with Crippen molar-refractivity contribution in [1.82, 2.24) is 19.7 Å². The molecule has 3 heterocycles. The molecule has 1 aliphatic heterocycles. The fourth-order valence-electron chi connectivity index (χ4n) is 3.70. The molecule has 0 amide bonds. The van der Waals surface area contributed by atoms with Gasteiger partial charge in [-0.1, -0.05) is 0 Å². The largest absolute Gasteiger partial charge is 0.378 e. The van der Waals surface area contributed by atoms with Gasteiger partial charge in [-0.15, -0.1) is 0 Å². The van der Waals surface area contributed by atoms with Gasteiger partial charge in [0.1, 0.15) is 5.82 Å². The third kappa shape index (κ3) is 5.42. The van der Waals surface area contributed by atoms with Crippen molar-refractivity contribution in [1.29, 1.82) is 0 Å². The molecular formula is C24H25N7O3S. The fourth-order valence-corrected chi connectivity index (χ4v) is 4.76. The Balaban J connectivity index is 1.26. The highest BCUT2D eigenvalue weighted by Gasteiger charge is 2.16. The highest BCUT2D eigenvalue weighted by Crippen LogP contribution is 2.23. The highest BCUT2D eigenvalue weighted by molar-refractivity contribution is 7.92. The molecule has 2 aromatic heterocycles. The summed E-state index contributed by atoms with van der Waals surface area (Å²) in [4.78, 5) is 11.4. The molecule has 5 rings (SSSR count). The summed E-state index contributed by atoms with van der Waals surface area (Å²) >= 11 is 0. The third-order valence-electron chi connectivity index (χ3n) is 5.46. The third-order valence-corrected chi connectivity index (χ3v) is 6.86. The van der Waals surface area contributed by atoms with Crippen molar-refractivity contribution < 1.29 is 13.2 Å². The van der Waals surface area contributed by atoms with Gasteiger partial charge in [0.05, 0.1) is 23.8 Å². The van der Waals surface area contributed by atoms with Crippen molar-refractivity contribution in [2.24, 2.45) is 0 Å². The molecule has 11 heteroatoms. The maximum atomic E-state index is 12.8. The highest BCUT2D eigenvalue weighted by atomic mass is 32.2. The molecule has 35 heavy (non-hydrogen) atoms. The molecule has 0 aliphatic carbocycles. The van der Waals surface area contributed by atoms with E-state index in [0.29, 0.717) is 30.7 Å². The Morgan fingerprint density at radius 1 is 0.943 bits per heavy atom. The van der Waals surface area contributed by atoms with E-state index in [0.717, 1.165) is 30.2 Å². The molecule has 1 fully saturated rings. The van der Waals surface area contributed by atoms with E-state index in [9.17, 15) is 8.42 Å². The minimum Gasteiger partial charge on any atom is -0.378 e. The molecule has 0 unspecified atom stereocenters. The minimum atomic E-state index is -3.73. The van der Waals surface area contributed by atoms with Crippen LogP contribution in [0.4, 0.5) is 23.1 Å². The molecule has 1 aliphatic rings. The van der Waals surface area contributed by atoms with Crippen molar-refractivity contribution >= 4 is 33.2 Å². The monoisotopic (exact) mass is 491 g/mol. The zero-order valence-electron chi connectivity index (χ0n) is 19.1.